The van der Waals surface area contributed by atoms with Crippen LogP contribution in [0.25, 0.3) is 5.69 Å². The smallest absolute Gasteiger partial charge is 0.158 e. The molecule has 1 aliphatic carbocycles. The summed E-state index contributed by atoms with van der Waals surface area (Å²) in [6.07, 6.45) is 7.24. The van der Waals surface area contributed by atoms with Gasteiger partial charge in [-0.2, -0.15) is 9.94 Å². The molecule has 108 valence electrons. The first-order valence-electron chi connectivity index (χ1n) is 7.57. The number of hydrogen-bond acceptors (Lipinski definition) is 4. The number of nitrogens with zero attached hydrogens (tertiary/aromatic N) is 5. The first-order chi connectivity index (χ1) is 10.3. The highest BCUT2D eigenvalue weighted by atomic mass is 15.5. The molecular formula is C16H19N5. The molecular weight excluding hydrogens is 262 g/mol. The topological polar surface area (TPSA) is 67.4 Å². The van der Waals surface area contributed by atoms with Crippen LogP contribution in [0, 0.1) is 16.7 Å². The Labute approximate surface area is 124 Å². The van der Waals surface area contributed by atoms with Crippen molar-refractivity contribution in [2.45, 2.75) is 44.9 Å². The van der Waals surface area contributed by atoms with Crippen molar-refractivity contribution in [3.05, 3.63) is 36.2 Å². The van der Waals surface area contributed by atoms with Crippen molar-refractivity contribution in [1.29, 1.82) is 5.26 Å². The Hall–Kier alpha value is -2.22. The van der Waals surface area contributed by atoms with Gasteiger partial charge in [0.1, 0.15) is 0 Å². The zero-order chi connectivity index (χ0) is 14.5. The van der Waals surface area contributed by atoms with Gasteiger partial charge in [0.05, 0.1) is 17.2 Å². The second-order valence-corrected chi connectivity index (χ2v) is 5.83. The Kier molecular flexibility index (Phi) is 3.96. The molecule has 0 saturated heterocycles. The minimum atomic E-state index is -0.308. The third-order valence-corrected chi connectivity index (χ3v) is 4.33. The molecule has 0 amide bonds. The van der Waals surface area contributed by atoms with Crippen LogP contribution >= 0.6 is 0 Å². The lowest BCUT2D eigenvalue weighted by molar-refractivity contribution is 0.329. The van der Waals surface area contributed by atoms with E-state index in [9.17, 15) is 5.26 Å². The average molecular weight is 281 g/mol. The summed E-state index contributed by atoms with van der Waals surface area (Å²) in [6.45, 7) is 0. The van der Waals surface area contributed by atoms with Gasteiger partial charge in [0, 0.05) is 6.42 Å². The van der Waals surface area contributed by atoms with Crippen LogP contribution in [0.2, 0.25) is 0 Å². The molecule has 1 saturated carbocycles. The van der Waals surface area contributed by atoms with Gasteiger partial charge in [0.15, 0.2) is 5.82 Å². The summed E-state index contributed by atoms with van der Waals surface area (Å²) in [5.74, 6) is 0.782. The monoisotopic (exact) mass is 281 g/mol. The molecule has 1 aromatic heterocycles. The van der Waals surface area contributed by atoms with Gasteiger partial charge >= 0.3 is 0 Å². The predicted octanol–water partition coefficient (Wildman–Crippen LogP) is 3.07. The first kappa shape index (κ1) is 13.7. The second kappa shape index (κ2) is 6.04. The Morgan fingerprint density at radius 2 is 1.81 bits per heavy atom. The van der Waals surface area contributed by atoms with Crippen molar-refractivity contribution in [3.8, 4) is 11.8 Å². The summed E-state index contributed by atoms with van der Waals surface area (Å²) in [5, 5.41) is 21.8. The second-order valence-electron chi connectivity index (χ2n) is 5.83. The predicted molar refractivity (Wildman–Crippen MR) is 78.6 cm³/mol. The third kappa shape index (κ3) is 2.94. The van der Waals surface area contributed by atoms with Crippen LogP contribution in [0.3, 0.4) is 0 Å². The van der Waals surface area contributed by atoms with Gasteiger partial charge in [-0.15, -0.1) is 5.10 Å². The molecule has 0 atom stereocenters. The molecule has 0 unspecified atom stereocenters. The van der Waals surface area contributed by atoms with Gasteiger partial charge in [0.25, 0.3) is 0 Å². The molecule has 0 radical (unpaired) electrons. The molecule has 2 aromatic rings. The Bertz CT molecular complexity index is 618. The van der Waals surface area contributed by atoms with Crippen LogP contribution in [-0.2, 0) is 6.42 Å². The number of hydrogen-bond donors (Lipinski definition) is 0. The van der Waals surface area contributed by atoms with Crippen molar-refractivity contribution in [2.75, 3.05) is 0 Å². The van der Waals surface area contributed by atoms with E-state index in [1.54, 1.807) is 4.68 Å². The van der Waals surface area contributed by atoms with E-state index in [4.69, 9.17) is 0 Å². The van der Waals surface area contributed by atoms with E-state index in [2.05, 4.69) is 21.6 Å². The number of para-hydroxylation sites is 1. The van der Waals surface area contributed by atoms with Crippen molar-refractivity contribution >= 4 is 0 Å². The molecule has 0 N–H and O–H groups in total. The molecule has 1 aromatic carbocycles. The van der Waals surface area contributed by atoms with Crippen LogP contribution in [0.15, 0.2) is 30.3 Å². The van der Waals surface area contributed by atoms with E-state index in [0.29, 0.717) is 6.42 Å². The first-order valence-corrected chi connectivity index (χ1v) is 7.57. The van der Waals surface area contributed by atoms with E-state index in [1.807, 2.05) is 30.3 Å². The lowest BCUT2D eigenvalue weighted by Gasteiger charge is -2.23. The zero-order valence-corrected chi connectivity index (χ0v) is 12.1. The van der Waals surface area contributed by atoms with E-state index in [1.165, 1.54) is 12.8 Å². The fourth-order valence-corrected chi connectivity index (χ4v) is 3.12. The fraction of sp³-hybridized carbons (Fsp3) is 0.500. The number of rotatable bonds is 3. The van der Waals surface area contributed by atoms with Gasteiger partial charge < -0.3 is 0 Å². The number of nitriles is 1. The standard InChI is InChI=1S/C16H19N5/c17-13-16(10-6-1-2-7-11-16)12-15-18-19-20-21(15)14-8-4-3-5-9-14/h3-5,8-9H,1-2,6-7,10-12H2. The summed E-state index contributed by atoms with van der Waals surface area (Å²) in [7, 11) is 0. The molecule has 0 aliphatic heterocycles. The summed E-state index contributed by atoms with van der Waals surface area (Å²) < 4.78 is 1.75. The van der Waals surface area contributed by atoms with Crippen LogP contribution in [0.4, 0.5) is 0 Å². The number of benzene rings is 1. The summed E-state index contributed by atoms with van der Waals surface area (Å²) in [5.41, 5.74) is 0.636. The highest BCUT2D eigenvalue weighted by Crippen LogP contribution is 2.37. The van der Waals surface area contributed by atoms with E-state index in [0.717, 1.165) is 37.2 Å². The molecule has 1 heterocycles. The van der Waals surface area contributed by atoms with Gasteiger partial charge in [-0.25, -0.2) is 0 Å². The van der Waals surface area contributed by atoms with E-state index < -0.39 is 0 Å². The number of aromatic nitrogens is 4. The van der Waals surface area contributed by atoms with Crippen LogP contribution in [-0.4, -0.2) is 20.2 Å². The maximum Gasteiger partial charge on any atom is 0.158 e. The quantitative estimate of drug-likeness (QED) is 0.811. The molecule has 1 aliphatic rings. The summed E-state index contributed by atoms with van der Waals surface area (Å²) >= 11 is 0. The molecule has 0 bridgehead atoms. The molecule has 5 heteroatoms. The van der Waals surface area contributed by atoms with Crippen molar-refractivity contribution in [2.24, 2.45) is 5.41 Å². The highest BCUT2D eigenvalue weighted by molar-refractivity contribution is 5.30. The molecule has 1 fully saturated rings. The lowest BCUT2D eigenvalue weighted by Crippen LogP contribution is -2.23. The van der Waals surface area contributed by atoms with E-state index in [-0.39, 0.29) is 5.41 Å². The van der Waals surface area contributed by atoms with Crippen molar-refractivity contribution in [3.63, 3.8) is 0 Å². The minimum Gasteiger partial charge on any atom is -0.198 e. The van der Waals surface area contributed by atoms with Crippen LogP contribution < -0.4 is 0 Å². The van der Waals surface area contributed by atoms with Crippen molar-refractivity contribution in [1.82, 2.24) is 20.2 Å². The summed E-state index contributed by atoms with van der Waals surface area (Å²) in [4.78, 5) is 0. The largest absolute Gasteiger partial charge is 0.198 e. The normalized spacial score (nSPS) is 17.9. The molecule has 0 spiro atoms. The molecule has 5 nitrogen and oxygen atoms in total. The van der Waals surface area contributed by atoms with Crippen LogP contribution in [0.5, 0.6) is 0 Å². The average Bonchev–Trinajstić information content (AvgIpc) is 2.86. The Balaban J connectivity index is 1.88. The van der Waals surface area contributed by atoms with Gasteiger partial charge in [-0.3, -0.25) is 0 Å². The van der Waals surface area contributed by atoms with Gasteiger partial charge in [-0.05, 0) is 35.4 Å². The lowest BCUT2D eigenvalue weighted by atomic mass is 9.78. The highest BCUT2D eigenvalue weighted by Gasteiger charge is 2.33. The maximum absolute atomic E-state index is 9.70. The Morgan fingerprint density at radius 3 is 2.48 bits per heavy atom. The Morgan fingerprint density at radius 1 is 1.10 bits per heavy atom. The zero-order valence-electron chi connectivity index (χ0n) is 12.1. The van der Waals surface area contributed by atoms with Gasteiger partial charge in [0.2, 0.25) is 0 Å². The molecule has 21 heavy (non-hydrogen) atoms. The van der Waals surface area contributed by atoms with Crippen LogP contribution in [0.1, 0.15) is 44.3 Å². The summed E-state index contributed by atoms with van der Waals surface area (Å²) in [6, 6.07) is 12.4. The van der Waals surface area contributed by atoms with Gasteiger partial charge in [-0.1, -0.05) is 43.9 Å². The fourth-order valence-electron chi connectivity index (χ4n) is 3.12. The third-order valence-electron chi connectivity index (χ3n) is 4.33. The molecule has 3 rings (SSSR count). The maximum atomic E-state index is 9.70. The van der Waals surface area contributed by atoms with E-state index >= 15 is 0 Å². The number of tetrazole rings is 1. The van der Waals surface area contributed by atoms with Crippen molar-refractivity contribution < 1.29 is 0 Å². The SMILES string of the molecule is N#CC1(Cc2nnnn2-c2ccccc2)CCCCCC1. The minimum absolute atomic E-state index is 0.308.